The molecule has 0 spiro atoms. The molecule has 0 amide bonds. The summed E-state index contributed by atoms with van der Waals surface area (Å²) in [5.74, 6) is -5.73. The molecular formula is C30H30F6N4O4. The summed E-state index contributed by atoms with van der Waals surface area (Å²) >= 11 is 0. The lowest BCUT2D eigenvalue weighted by atomic mass is 10.2. The van der Waals surface area contributed by atoms with E-state index >= 15 is 0 Å². The third-order valence-corrected chi connectivity index (χ3v) is 5.52. The van der Waals surface area contributed by atoms with Gasteiger partial charge in [-0.05, 0) is 97.1 Å². The minimum absolute atomic E-state index is 0.136. The fourth-order valence-corrected chi connectivity index (χ4v) is 3.48. The summed E-state index contributed by atoms with van der Waals surface area (Å²) in [5, 5.41) is 0. The van der Waals surface area contributed by atoms with E-state index in [1.54, 1.807) is 24.3 Å². The molecule has 0 radical (unpaired) electrons. The van der Waals surface area contributed by atoms with Crippen LogP contribution in [-0.4, -0.2) is 23.9 Å². The van der Waals surface area contributed by atoms with Crippen molar-refractivity contribution in [3.63, 3.8) is 0 Å². The molecule has 8 N–H and O–H groups in total. The Bertz CT molecular complexity index is 1360. The number of nitrogens with two attached hydrogens (primary N) is 4. The Hall–Kier alpha value is -5.14. The summed E-state index contributed by atoms with van der Waals surface area (Å²) in [4.78, 5) is 0. The predicted octanol–water partition coefficient (Wildman–Crippen LogP) is 7.17. The van der Waals surface area contributed by atoms with E-state index in [-0.39, 0.29) is 11.4 Å². The molecule has 44 heavy (non-hydrogen) atoms. The first-order valence-corrected chi connectivity index (χ1v) is 12.7. The molecule has 0 heterocycles. The van der Waals surface area contributed by atoms with E-state index < -0.39 is 35.4 Å². The summed E-state index contributed by atoms with van der Waals surface area (Å²) in [6.07, 6.45) is -11.9. The van der Waals surface area contributed by atoms with E-state index in [1.165, 1.54) is 0 Å². The van der Waals surface area contributed by atoms with Crippen LogP contribution in [0.2, 0.25) is 0 Å². The molecule has 0 unspecified atom stereocenters. The standard InChI is InChI=1S/C15H12F6N2O2.C15H18N2O2/c16-14(17,18)13(15(19,20)21,24-11-5-1-9(22)2-6-11)25-12-7-3-10(23)4-8-12;1-15(2,18-13-7-3-11(16)4-8-13)19-14-9-5-12(17)6-10-14/h1-8H,22-23H2;3-10H,16-17H2,1-2H3. The van der Waals surface area contributed by atoms with Crippen LogP contribution in [0, 0.1) is 0 Å². The van der Waals surface area contributed by atoms with Gasteiger partial charge in [0.25, 0.3) is 0 Å². The largest absolute Gasteiger partial charge is 0.478 e. The highest BCUT2D eigenvalue weighted by atomic mass is 19.4. The number of hydrogen-bond donors (Lipinski definition) is 4. The second-order valence-corrected chi connectivity index (χ2v) is 9.70. The van der Waals surface area contributed by atoms with Crippen LogP contribution in [0.4, 0.5) is 49.1 Å². The van der Waals surface area contributed by atoms with Crippen LogP contribution in [-0.2, 0) is 0 Å². The molecule has 0 bridgehead atoms. The van der Waals surface area contributed by atoms with Gasteiger partial charge in [0.1, 0.15) is 23.0 Å². The molecule has 4 aromatic rings. The van der Waals surface area contributed by atoms with Crippen molar-refractivity contribution in [2.75, 3.05) is 22.9 Å². The normalized spacial score (nSPS) is 12.0. The Morgan fingerprint density at radius 1 is 0.386 bits per heavy atom. The Morgan fingerprint density at radius 3 is 0.795 bits per heavy atom. The Balaban J connectivity index is 0.000000249. The highest BCUT2D eigenvalue weighted by Gasteiger charge is 2.77. The molecule has 0 aromatic heterocycles. The van der Waals surface area contributed by atoms with E-state index in [2.05, 4.69) is 9.47 Å². The van der Waals surface area contributed by atoms with Gasteiger partial charge >= 0.3 is 18.1 Å². The number of rotatable bonds is 8. The maximum absolute atomic E-state index is 13.4. The second kappa shape index (κ2) is 13.0. The molecular weight excluding hydrogens is 594 g/mol. The summed E-state index contributed by atoms with van der Waals surface area (Å²) < 4.78 is 100. The lowest BCUT2D eigenvalue weighted by molar-refractivity contribution is -0.422. The van der Waals surface area contributed by atoms with Crippen molar-refractivity contribution < 1.29 is 45.3 Å². The minimum atomic E-state index is -5.94. The average molecular weight is 625 g/mol. The van der Waals surface area contributed by atoms with Crippen molar-refractivity contribution in [3.8, 4) is 23.0 Å². The van der Waals surface area contributed by atoms with Crippen molar-refractivity contribution in [1.82, 2.24) is 0 Å². The molecule has 0 fully saturated rings. The molecule has 14 heteroatoms. The van der Waals surface area contributed by atoms with Crippen LogP contribution < -0.4 is 41.9 Å². The second-order valence-electron chi connectivity index (χ2n) is 9.70. The summed E-state index contributed by atoms with van der Waals surface area (Å²) in [6, 6.07) is 22.2. The quantitative estimate of drug-likeness (QED) is 0.0919. The van der Waals surface area contributed by atoms with Gasteiger partial charge in [0.15, 0.2) is 0 Å². The van der Waals surface area contributed by atoms with Crippen molar-refractivity contribution >= 4 is 22.7 Å². The maximum Gasteiger partial charge on any atom is 0.478 e. The lowest BCUT2D eigenvalue weighted by Gasteiger charge is -2.36. The van der Waals surface area contributed by atoms with Crippen LogP contribution >= 0.6 is 0 Å². The topological polar surface area (TPSA) is 141 Å². The van der Waals surface area contributed by atoms with Gasteiger partial charge in [-0.3, -0.25) is 0 Å². The van der Waals surface area contributed by atoms with Gasteiger partial charge < -0.3 is 41.9 Å². The number of halogens is 6. The Kier molecular flexibility index (Phi) is 9.87. The minimum Gasteiger partial charge on any atom is -0.453 e. The molecule has 236 valence electrons. The SMILES string of the molecule is CC(C)(Oc1ccc(N)cc1)Oc1ccc(N)cc1.Nc1ccc(OC(Oc2ccc(N)cc2)(C(F)(F)F)C(F)(F)F)cc1. The number of hydrogen-bond acceptors (Lipinski definition) is 8. The molecule has 8 nitrogen and oxygen atoms in total. The smallest absolute Gasteiger partial charge is 0.453 e. The number of anilines is 4. The molecule has 0 aliphatic carbocycles. The van der Waals surface area contributed by atoms with Crippen LogP contribution in [0.15, 0.2) is 97.1 Å². The average Bonchev–Trinajstić information content (AvgIpc) is 2.92. The first-order chi connectivity index (χ1) is 20.4. The summed E-state index contributed by atoms with van der Waals surface area (Å²) in [5.41, 5.74) is 23.6. The van der Waals surface area contributed by atoms with E-state index in [1.807, 2.05) is 38.1 Å². The van der Waals surface area contributed by atoms with Crippen molar-refractivity contribution in [2.24, 2.45) is 0 Å². The molecule has 0 atom stereocenters. The zero-order valence-electron chi connectivity index (χ0n) is 23.4. The third-order valence-electron chi connectivity index (χ3n) is 5.52. The molecule has 0 aliphatic heterocycles. The van der Waals surface area contributed by atoms with Gasteiger partial charge in [0.2, 0.25) is 5.79 Å². The maximum atomic E-state index is 13.4. The van der Waals surface area contributed by atoms with E-state index in [0.29, 0.717) is 22.9 Å². The van der Waals surface area contributed by atoms with E-state index in [4.69, 9.17) is 32.4 Å². The Morgan fingerprint density at radius 2 is 0.591 bits per heavy atom. The fraction of sp³-hybridized carbons (Fsp3) is 0.200. The number of ether oxygens (including phenoxy) is 4. The van der Waals surface area contributed by atoms with Gasteiger partial charge in [-0.2, -0.15) is 26.3 Å². The van der Waals surface area contributed by atoms with Crippen LogP contribution in [0.3, 0.4) is 0 Å². The van der Waals surface area contributed by atoms with Crippen molar-refractivity contribution in [2.45, 2.75) is 37.8 Å². The molecule has 0 saturated carbocycles. The highest BCUT2D eigenvalue weighted by molar-refractivity contribution is 5.44. The van der Waals surface area contributed by atoms with Gasteiger partial charge in [0.05, 0.1) is 0 Å². The highest BCUT2D eigenvalue weighted by Crippen LogP contribution is 2.47. The van der Waals surface area contributed by atoms with Gasteiger partial charge in [0, 0.05) is 36.6 Å². The Labute approximate surface area is 249 Å². The predicted molar refractivity (Wildman–Crippen MR) is 155 cm³/mol. The zero-order valence-corrected chi connectivity index (χ0v) is 23.4. The van der Waals surface area contributed by atoms with Gasteiger partial charge in [-0.1, -0.05) is 0 Å². The van der Waals surface area contributed by atoms with E-state index in [9.17, 15) is 26.3 Å². The monoisotopic (exact) mass is 624 g/mol. The lowest BCUT2D eigenvalue weighted by Crippen LogP contribution is -2.65. The van der Waals surface area contributed by atoms with Gasteiger partial charge in [-0.25, -0.2) is 0 Å². The molecule has 4 aromatic carbocycles. The van der Waals surface area contributed by atoms with Crippen molar-refractivity contribution in [1.29, 1.82) is 0 Å². The number of alkyl halides is 6. The summed E-state index contributed by atoms with van der Waals surface area (Å²) in [6.45, 7) is 3.69. The van der Waals surface area contributed by atoms with E-state index in [0.717, 1.165) is 48.5 Å². The molecule has 4 rings (SSSR count). The summed E-state index contributed by atoms with van der Waals surface area (Å²) in [7, 11) is 0. The first kappa shape index (κ1) is 33.4. The zero-order chi connectivity index (χ0) is 32.8. The molecule has 0 aliphatic rings. The van der Waals surface area contributed by atoms with Gasteiger partial charge in [-0.15, -0.1) is 0 Å². The fourth-order valence-electron chi connectivity index (χ4n) is 3.48. The number of nitrogen functional groups attached to an aromatic ring is 4. The van der Waals surface area contributed by atoms with Crippen LogP contribution in [0.25, 0.3) is 0 Å². The molecule has 0 saturated heterocycles. The first-order valence-electron chi connectivity index (χ1n) is 12.7. The third kappa shape index (κ3) is 8.93. The number of benzene rings is 4. The van der Waals surface area contributed by atoms with Crippen LogP contribution in [0.1, 0.15) is 13.8 Å². The van der Waals surface area contributed by atoms with Crippen molar-refractivity contribution in [3.05, 3.63) is 97.1 Å². The van der Waals surface area contributed by atoms with Crippen LogP contribution in [0.5, 0.6) is 23.0 Å².